The SMILES string of the molecule is Cc1cc(Cl)c2c(NC(=O)N(c3ccccc3)c3ccccc3)cc(C(=O)O)nc2c1. The number of nitrogens with zero attached hydrogens (tertiary/aromatic N) is 2. The lowest BCUT2D eigenvalue weighted by molar-refractivity contribution is 0.0691. The fourth-order valence-electron chi connectivity index (χ4n) is 3.37. The molecule has 0 saturated heterocycles. The van der Waals surface area contributed by atoms with E-state index in [1.165, 1.54) is 11.0 Å². The van der Waals surface area contributed by atoms with Crippen LogP contribution in [0, 0.1) is 6.92 Å². The topological polar surface area (TPSA) is 82.5 Å². The molecule has 1 aromatic heterocycles. The number of anilines is 3. The number of halogens is 1. The van der Waals surface area contributed by atoms with Crippen molar-refractivity contribution in [3.63, 3.8) is 0 Å². The number of carbonyl (C=O) groups excluding carboxylic acids is 1. The van der Waals surface area contributed by atoms with Gasteiger partial charge >= 0.3 is 12.0 Å². The number of para-hydroxylation sites is 2. The zero-order valence-electron chi connectivity index (χ0n) is 16.5. The lowest BCUT2D eigenvalue weighted by Crippen LogP contribution is -2.31. The normalized spacial score (nSPS) is 10.6. The molecule has 0 bridgehead atoms. The molecule has 154 valence electrons. The minimum absolute atomic E-state index is 0.185. The fourth-order valence-corrected chi connectivity index (χ4v) is 3.74. The van der Waals surface area contributed by atoms with Crippen LogP contribution in [0.1, 0.15) is 16.1 Å². The number of pyridine rings is 1. The predicted octanol–water partition coefficient (Wildman–Crippen LogP) is 6.27. The average Bonchev–Trinajstić information content (AvgIpc) is 2.74. The number of carbonyl (C=O) groups is 2. The van der Waals surface area contributed by atoms with Gasteiger partial charge in [-0.05, 0) is 55.0 Å². The number of fused-ring (bicyclic) bond motifs is 1. The van der Waals surface area contributed by atoms with Crippen LogP contribution < -0.4 is 10.2 Å². The Bertz CT molecular complexity index is 1240. The van der Waals surface area contributed by atoms with E-state index in [-0.39, 0.29) is 11.4 Å². The molecule has 6 nitrogen and oxygen atoms in total. The Kier molecular flexibility index (Phi) is 5.56. The van der Waals surface area contributed by atoms with E-state index in [0.29, 0.717) is 27.3 Å². The summed E-state index contributed by atoms with van der Waals surface area (Å²) in [5, 5.41) is 13.2. The highest BCUT2D eigenvalue weighted by Gasteiger charge is 2.21. The molecule has 4 rings (SSSR count). The molecule has 0 aliphatic heterocycles. The Balaban J connectivity index is 1.83. The van der Waals surface area contributed by atoms with Gasteiger partial charge in [0.05, 0.1) is 27.6 Å². The molecular formula is C24H18ClN3O3. The van der Waals surface area contributed by atoms with Crippen LogP contribution in [0.2, 0.25) is 5.02 Å². The third-order valence-corrected chi connectivity index (χ3v) is 5.00. The maximum atomic E-state index is 13.4. The number of aryl methyl sites for hydroxylation is 1. The molecule has 2 N–H and O–H groups in total. The second kappa shape index (κ2) is 8.45. The molecule has 0 saturated carbocycles. The van der Waals surface area contributed by atoms with Crippen molar-refractivity contribution < 1.29 is 14.7 Å². The first-order chi connectivity index (χ1) is 14.9. The number of nitrogens with one attached hydrogen (secondary N) is 1. The van der Waals surface area contributed by atoms with Gasteiger partial charge in [0.2, 0.25) is 0 Å². The first-order valence-corrected chi connectivity index (χ1v) is 9.87. The van der Waals surface area contributed by atoms with E-state index in [9.17, 15) is 14.7 Å². The summed E-state index contributed by atoms with van der Waals surface area (Å²) in [7, 11) is 0. The van der Waals surface area contributed by atoms with Gasteiger partial charge in [-0.15, -0.1) is 0 Å². The Morgan fingerprint density at radius 2 is 1.52 bits per heavy atom. The maximum Gasteiger partial charge on any atom is 0.354 e. The molecule has 0 radical (unpaired) electrons. The van der Waals surface area contributed by atoms with Crippen LogP contribution in [0.5, 0.6) is 0 Å². The summed E-state index contributed by atoms with van der Waals surface area (Å²) in [6.45, 7) is 1.84. The zero-order valence-corrected chi connectivity index (χ0v) is 17.3. The van der Waals surface area contributed by atoms with Crippen LogP contribution in [0.25, 0.3) is 10.9 Å². The number of aromatic nitrogens is 1. The number of carboxylic acids is 1. The van der Waals surface area contributed by atoms with Crippen molar-refractivity contribution in [3.05, 3.63) is 95.1 Å². The minimum atomic E-state index is -1.20. The summed E-state index contributed by atoms with van der Waals surface area (Å²) in [6, 6.07) is 22.7. The number of rotatable bonds is 4. The van der Waals surface area contributed by atoms with Crippen LogP contribution in [0.4, 0.5) is 21.9 Å². The number of hydrogen-bond acceptors (Lipinski definition) is 3. The van der Waals surface area contributed by atoms with Gasteiger partial charge in [-0.2, -0.15) is 0 Å². The van der Waals surface area contributed by atoms with Crippen LogP contribution in [0.15, 0.2) is 78.9 Å². The van der Waals surface area contributed by atoms with Gasteiger partial charge in [0.15, 0.2) is 5.69 Å². The molecule has 0 aliphatic rings. The van der Waals surface area contributed by atoms with Crippen molar-refractivity contribution in [2.24, 2.45) is 0 Å². The Morgan fingerprint density at radius 3 is 2.06 bits per heavy atom. The van der Waals surface area contributed by atoms with Crippen LogP contribution in [-0.4, -0.2) is 22.1 Å². The minimum Gasteiger partial charge on any atom is -0.477 e. The van der Waals surface area contributed by atoms with Crippen LogP contribution in [0.3, 0.4) is 0 Å². The molecule has 31 heavy (non-hydrogen) atoms. The monoisotopic (exact) mass is 431 g/mol. The first kappa shape index (κ1) is 20.4. The van der Waals surface area contributed by atoms with Crippen molar-refractivity contribution in [1.29, 1.82) is 0 Å². The van der Waals surface area contributed by atoms with Gasteiger partial charge in [0, 0.05) is 5.39 Å². The third kappa shape index (κ3) is 4.20. The molecule has 0 atom stereocenters. The summed E-state index contributed by atoms with van der Waals surface area (Å²) in [6.07, 6.45) is 0. The Labute approximate surface area is 183 Å². The van der Waals surface area contributed by atoms with Gasteiger partial charge in [-0.1, -0.05) is 48.0 Å². The van der Waals surface area contributed by atoms with Crippen molar-refractivity contribution in [1.82, 2.24) is 4.98 Å². The van der Waals surface area contributed by atoms with Crippen molar-refractivity contribution >= 4 is 51.6 Å². The van der Waals surface area contributed by atoms with Crippen molar-refractivity contribution in [3.8, 4) is 0 Å². The van der Waals surface area contributed by atoms with Crippen LogP contribution in [-0.2, 0) is 0 Å². The molecular weight excluding hydrogens is 414 g/mol. The number of amides is 2. The highest BCUT2D eigenvalue weighted by molar-refractivity contribution is 6.37. The van der Waals surface area contributed by atoms with Crippen molar-refractivity contribution in [2.45, 2.75) is 6.92 Å². The molecule has 3 aromatic carbocycles. The van der Waals surface area contributed by atoms with Gasteiger partial charge in [0.25, 0.3) is 0 Å². The number of carboxylic acid groups (broad SMARTS) is 1. The Morgan fingerprint density at radius 1 is 0.935 bits per heavy atom. The van der Waals surface area contributed by atoms with E-state index in [0.717, 1.165) is 5.56 Å². The van der Waals surface area contributed by atoms with E-state index in [4.69, 9.17) is 11.6 Å². The van der Waals surface area contributed by atoms with Gasteiger partial charge in [-0.3, -0.25) is 4.90 Å². The fraction of sp³-hybridized carbons (Fsp3) is 0.0417. The van der Waals surface area contributed by atoms with Gasteiger partial charge in [0.1, 0.15) is 0 Å². The molecule has 0 fully saturated rings. The molecule has 0 spiro atoms. The molecule has 4 aromatic rings. The van der Waals surface area contributed by atoms with E-state index in [1.54, 1.807) is 12.1 Å². The standard InChI is InChI=1S/C24H18ClN3O3/c1-15-12-18(25)22-19(13-15)26-21(23(29)30)14-20(22)27-24(31)28(16-8-4-2-5-9-16)17-10-6-3-7-11-17/h2-14H,1H3,(H,29,30)(H,26,27,31). The van der Waals surface area contributed by atoms with E-state index < -0.39 is 12.0 Å². The van der Waals surface area contributed by atoms with Gasteiger partial charge < -0.3 is 10.4 Å². The summed E-state index contributed by atoms with van der Waals surface area (Å²) >= 11 is 6.44. The van der Waals surface area contributed by atoms with E-state index >= 15 is 0 Å². The second-order valence-corrected chi connectivity index (χ2v) is 7.34. The maximum absolute atomic E-state index is 13.4. The van der Waals surface area contributed by atoms with Gasteiger partial charge in [-0.25, -0.2) is 14.6 Å². The first-order valence-electron chi connectivity index (χ1n) is 9.49. The van der Waals surface area contributed by atoms with Crippen molar-refractivity contribution in [2.75, 3.05) is 10.2 Å². The predicted molar refractivity (Wildman–Crippen MR) is 122 cm³/mol. The number of hydrogen-bond donors (Lipinski definition) is 2. The summed E-state index contributed by atoms with van der Waals surface area (Å²) in [5.41, 5.74) is 2.63. The van der Waals surface area contributed by atoms with E-state index in [2.05, 4.69) is 10.3 Å². The largest absolute Gasteiger partial charge is 0.477 e. The number of urea groups is 1. The molecule has 0 aliphatic carbocycles. The zero-order chi connectivity index (χ0) is 22.0. The van der Waals surface area contributed by atoms with E-state index in [1.807, 2.05) is 67.6 Å². The second-order valence-electron chi connectivity index (χ2n) is 6.94. The highest BCUT2D eigenvalue weighted by Crippen LogP contribution is 2.33. The quantitative estimate of drug-likeness (QED) is 0.399. The lowest BCUT2D eigenvalue weighted by atomic mass is 10.1. The molecule has 2 amide bonds. The lowest BCUT2D eigenvalue weighted by Gasteiger charge is -2.24. The summed E-state index contributed by atoms with van der Waals surface area (Å²) in [5.74, 6) is -1.20. The molecule has 1 heterocycles. The van der Waals surface area contributed by atoms with Crippen LogP contribution >= 0.6 is 11.6 Å². The number of benzene rings is 3. The Hall–Kier alpha value is -3.90. The number of aromatic carboxylic acids is 1. The third-order valence-electron chi connectivity index (χ3n) is 4.70. The molecule has 0 unspecified atom stereocenters. The average molecular weight is 432 g/mol. The summed E-state index contributed by atoms with van der Waals surface area (Å²) < 4.78 is 0. The smallest absolute Gasteiger partial charge is 0.354 e. The highest BCUT2D eigenvalue weighted by atomic mass is 35.5. The summed E-state index contributed by atoms with van der Waals surface area (Å²) in [4.78, 5) is 30.7. The molecule has 7 heteroatoms.